The third-order valence-corrected chi connectivity index (χ3v) is 14.2. The first-order valence-electron chi connectivity index (χ1n) is 20.0. The molecule has 11 rings (SSSR count). The first-order valence-corrected chi connectivity index (χ1v) is 20.0. The summed E-state index contributed by atoms with van der Waals surface area (Å²) in [5.41, 5.74) is 3.68. The molecular weight excluding hydrogens is 698 g/mol. The maximum atomic E-state index is 13.2. The number of carboxylic acid groups (broad SMARTS) is 1. The van der Waals surface area contributed by atoms with Gasteiger partial charge < -0.3 is 39.6 Å². The highest BCUT2D eigenvalue weighted by Crippen LogP contribution is 2.63. The molecule has 0 unspecified atom stereocenters. The van der Waals surface area contributed by atoms with E-state index in [9.17, 15) is 24.9 Å². The summed E-state index contributed by atoms with van der Waals surface area (Å²) in [7, 11) is 6.42. The summed E-state index contributed by atoms with van der Waals surface area (Å²) in [6, 6.07) is 11.8. The maximum absolute atomic E-state index is 13.2. The lowest BCUT2D eigenvalue weighted by atomic mass is 9.48. The molecule has 0 radical (unpaired) electrons. The number of carbonyl (C=O) groups excluding carboxylic acids is 1. The summed E-state index contributed by atoms with van der Waals surface area (Å²) >= 11 is 0. The van der Waals surface area contributed by atoms with Gasteiger partial charge in [0.1, 0.15) is 40.1 Å². The van der Waals surface area contributed by atoms with Crippen LogP contribution in [0.5, 0.6) is 34.5 Å². The zero-order valence-electron chi connectivity index (χ0n) is 32.5. The number of aromatic carboxylic acids is 1. The SMILES string of the molecule is COc1cc(OC)c(C23CC4CC(CC(C4)C2)C3)cc1C(=O)NCc1ccc(O)cc1O.COc1cc(OC)c(C23CC4CC(CC(C4)C2)C3)cc1C(=O)O. The Morgan fingerprint density at radius 3 is 1.38 bits per heavy atom. The molecule has 1 amide bonds. The number of aromatic hydroxyl groups is 2. The van der Waals surface area contributed by atoms with E-state index >= 15 is 0 Å². The van der Waals surface area contributed by atoms with Crippen molar-refractivity contribution in [3.05, 3.63) is 70.3 Å². The molecular formula is C45H55NO9. The van der Waals surface area contributed by atoms with E-state index in [-0.39, 0.29) is 40.3 Å². The zero-order valence-corrected chi connectivity index (χ0v) is 32.5. The summed E-state index contributed by atoms with van der Waals surface area (Å²) in [4.78, 5) is 24.8. The van der Waals surface area contributed by atoms with Crippen LogP contribution in [-0.2, 0) is 17.4 Å². The van der Waals surface area contributed by atoms with Crippen molar-refractivity contribution in [2.24, 2.45) is 35.5 Å². The van der Waals surface area contributed by atoms with Gasteiger partial charge in [-0.25, -0.2) is 4.79 Å². The van der Waals surface area contributed by atoms with E-state index in [1.807, 2.05) is 18.2 Å². The molecule has 10 heteroatoms. The molecule has 0 atom stereocenters. The molecule has 0 saturated heterocycles. The smallest absolute Gasteiger partial charge is 0.339 e. The minimum Gasteiger partial charge on any atom is -0.508 e. The summed E-state index contributed by atoms with van der Waals surface area (Å²) in [5, 5.41) is 31.9. The van der Waals surface area contributed by atoms with Crippen molar-refractivity contribution in [2.45, 2.75) is 94.4 Å². The second kappa shape index (κ2) is 14.5. The second-order valence-electron chi connectivity index (χ2n) is 17.7. The molecule has 3 aromatic carbocycles. The number of carbonyl (C=O) groups is 2. The number of ether oxygens (including phenoxy) is 4. The first-order chi connectivity index (χ1) is 26.4. The van der Waals surface area contributed by atoms with Crippen LogP contribution in [0.15, 0.2) is 42.5 Å². The molecule has 8 saturated carbocycles. The summed E-state index contributed by atoms with van der Waals surface area (Å²) in [5.74, 6) is 5.93. The van der Waals surface area contributed by atoms with Gasteiger partial charge in [0.15, 0.2) is 0 Å². The predicted molar refractivity (Wildman–Crippen MR) is 207 cm³/mol. The number of hydrogen-bond acceptors (Lipinski definition) is 8. The Bertz CT molecular complexity index is 1900. The normalized spacial score (nSPS) is 30.6. The van der Waals surface area contributed by atoms with Crippen molar-refractivity contribution in [3.8, 4) is 34.5 Å². The average molecular weight is 754 g/mol. The van der Waals surface area contributed by atoms with Crippen molar-refractivity contribution in [3.63, 3.8) is 0 Å². The van der Waals surface area contributed by atoms with E-state index in [1.165, 1.54) is 96.3 Å². The fraction of sp³-hybridized carbons (Fsp3) is 0.556. The van der Waals surface area contributed by atoms with Crippen LogP contribution in [0.2, 0.25) is 0 Å². The quantitative estimate of drug-likeness (QED) is 0.161. The van der Waals surface area contributed by atoms with E-state index in [1.54, 1.807) is 33.5 Å². The molecule has 0 heterocycles. The molecule has 55 heavy (non-hydrogen) atoms. The Kier molecular flexibility index (Phi) is 9.83. The standard InChI is InChI=1S/C26H31NO5.C19H24O4/c1-31-23-10-24(32-2)21(26-11-15-5-16(12-26)7-17(6-15)13-26)9-20(23)25(30)27-14-18-3-4-19(28)8-22(18)29;1-22-16-7-17(23-2)15(6-14(16)18(20)21)19-8-11-3-12(9-19)5-13(4-11)10-19/h3-4,8-10,15-17,28-29H,5-7,11-14H2,1-2H3,(H,27,30);6-7,11-13H,3-5,8-10H2,1-2H3,(H,20,21). The lowest BCUT2D eigenvalue weighted by Crippen LogP contribution is -2.48. The number of phenols is 2. The van der Waals surface area contributed by atoms with Gasteiger partial charge in [0.05, 0.1) is 34.0 Å². The molecule has 294 valence electrons. The highest BCUT2D eigenvalue weighted by atomic mass is 16.5. The molecule has 8 aliphatic rings. The molecule has 4 N–H and O–H groups in total. The largest absolute Gasteiger partial charge is 0.508 e. The molecule has 3 aromatic rings. The van der Waals surface area contributed by atoms with Gasteiger partial charge in [0.2, 0.25) is 0 Å². The first kappa shape index (κ1) is 37.3. The second-order valence-corrected chi connectivity index (χ2v) is 17.7. The molecule has 10 nitrogen and oxygen atoms in total. The average Bonchev–Trinajstić information content (AvgIpc) is 3.15. The van der Waals surface area contributed by atoms with Crippen molar-refractivity contribution < 1.29 is 43.9 Å². The van der Waals surface area contributed by atoms with E-state index in [2.05, 4.69) is 5.32 Å². The van der Waals surface area contributed by atoms with Crippen LogP contribution in [0.25, 0.3) is 0 Å². The van der Waals surface area contributed by atoms with Gasteiger partial charge in [-0.05, 0) is 148 Å². The van der Waals surface area contributed by atoms with Gasteiger partial charge in [0.25, 0.3) is 5.91 Å². The van der Waals surface area contributed by atoms with Gasteiger partial charge in [0, 0.05) is 41.4 Å². The molecule has 8 fully saturated rings. The number of methoxy groups -OCH3 is 4. The third-order valence-electron chi connectivity index (χ3n) is 14.2. The monoisotopic (exact) mass is 753 g/mol. The molecule has 8 bridgehead atoms. The van der Waals surface area contributed by atoms with E-state index in [0.717, 1.165) is 58.1 Å². The third kappa shape index (κ3) is 6.84. The van der Waals surface area contributed by atoms with Crippen LogP contribution in [0, 0.1) is 35.5 Å². The predicted octanol–water partition coefficient (Wildman–Crippen LogP) is 8.38. The molecule has 0 spiro atoms. The minimum absolute atomic E-state index is 0.0189. The topological polar surface area (TPSA) is 144 Å². The van der Waals surface area contributed by atoms with Crippen LogP contribution in [-0.4, -0.2) is 55.6 Å². The number of benzene rings is 3. The van der Waals surface area contributed by atoms with Crippen LogP contribution in [0.4, 0.5) is 0 Å². The molecule has 0 aromatic heterocycles. The number of rotatable bonds is 10. The minimum atomic E-state index is -0.935. The fourth-order valence-electron chi connectivity index (χ4n) is 12.8. The van der Waals surface area contributed by atoms with Crippen LogP contribution in [0.3, 0.4) is 0 Å². The maximum Gasteiger partial charge on any atom is 0.339 e. The highest BCUT2D eigenvalue weighted by Gasteiger charge is 2.54. The van der Waals surface area contributed by atoms with Crippen molar-refractivity contribution >= 4 is 11.9 Å². The van der Waals surface area contributed by atoms with Crippen molar-refractivity contribution in [1.29, 1.82) is 0 Å². The van der Waals surface area contributed by atoms with Gasteiger partial charge >= 0.3 is 5.97 Å². The highest BCUT2D eigenvalue weighted by molar-refractivity contribution is 5.97. The van der Waals surface area contributed by atoms with Gasteiger partial charge in [-0.15, -0.1) is 0 Å². The summed E-state index contributed by atoms with van der Waals surface area (Å²) in [6.45, 7) is 0.146. The summed E-state index contributed by atoms with van der Waals surface area (Å²) in [6.07, 6.45) is 15.2. The van der Waals surface area contributed by atoms with E-state index < -0.39 is 5.97 Å². The van der Waals surface area contributed by atoms with Crippen LogP contribution in [0.1, 0.15) is 114 Å². The lowest BCUT2D eigenvalue weighted by Gasteiger charge is -2.57. The summed E-state index contributed by atoms with van der Waals surface area (Å²) < 4.78 is 22.3. The van der Waals surface area contributed by atoms with Crippen molar-refractivity contribution in [1.82, 2.24) is 5.32 Å². The van der Waals surface area contributed by atoms with Crippen molar-refractivity contribution in [2.75, 3.05) is 28.4 Å². The Morgan fingerprint density at radius 1 is 0.600 bits per heavy atom. The Morgan fingerprint density at radius 2 is 1.00 bits per heavy atom. The zero-order chi connectivity index (χ0) is 38.6. The number of nitrogens with one attached hydrogen (secondary N) is 1. The molecule has 8 aliphatic carbocycles. The van der Waals surface area contributed by atoms with E-state index in [4.69, 9.17) is 18.9 Å². The van der Waals surface area contributed by atoms with Crippen LogP contribution < -0.4 is 24.3 Å². The Hall–Kier alpha value is -4.60. The Labute approximate surface area is 323 Å². The number of amides is 1. The van der Waals surface area contributed by atoms with Gasteiger partial charge in [-0.2, -0.15) is 0 Å². The fourth-order valence-corrected chi connectivity index (χ4v) is 12.8. The lowest BCUT2D eigenvalue weighted by molar-refractivity contribution is -0.00636. The number of phenolic OH excluding ortho intramolecular Hbond substituents is 2. The number of carboxylic acids is 1. The van der Waals surface area contributed by atoms with Crippen LogP contribution >= 0.6 is 0 Å². The van der Waals surface area contributed by atoms with Gasteiger partial charge in [-0.1, -0.05) is 0 Å². The molecule has 0 aliphatic heterocycles. The number of hydrogen-bond donors (Lipinski definition) is 4. The van der Waals surface area contributed by atoms with E-state index in [0.29, 0.717) is 22.6 Å². The Balaban J connectivity index is 0.000000164. The van der Waals surface area contributed by atoms with Gasteiger partial charge in [-0.3, -0.25) is 4.79 Å².